The number of amides is 2. The molecule has 1 fully saturated rings. The fourth-order valence-corrected chi connectivity index (χ4v) is 5.91. The minimum atomic E-state index is -3.80. The minimum Gasteiger partial charge on any atom is -0.384 e. The topological polar surface area (TPSA) is 154 Å². The Hall–Kier alpha value is -3.24. The molecule has 2 amide bonds. The number of carbonyl (C=O) groups is 2. The van der Waals surface area contributed by atoms with Crippen molar-refractivity contribution in [2.75, 3.05) is 0 Å². The maximum atomic E-state index is 13.4. The third kappa shape index (κ3) is 8.40. The van der Waals surface area contributed by atoms with Crippen molar-refractivity contribution in [2.45, 2.75) is 69.8 Å². The molecule has 2 aromatic carbocycles. The normalized spacial score (nSPS) is 15.5. The SMILES string of the molecule is CC(C)(NC(=O)[C@H](NS(=O)(=O)Cc1ccccc1)C1CCCCC1)C(=O)NCc1ccc(C(=N)N)cc1. The number of nitrogen functional groups attached to an aromatic ring is 1. The highest BCUT2D eigenvalue weighted by atomic mass is 32.2. The van der Waals surface area contributed by atoms with Crippen LogP contribution >= 0.6 is 0 Å². The number of nitrogens with one attached hydrogen (secondary N) is 4. The number of hydrogen-bond acceptors (Lipinski definition) is 5. The van der Waals surface area contributed by atoms with Crippen molar-refractivity contribution in [3.05, 3.63) is 71.3 Å². The van der Waals surface area contributed by atoms with Crippen LogP contribution in [0, 0.1) is 11.3 Å². The van der Waals surface area contributed by atoms with Crippen molar-refractivity contribution in [3.8, 4) is 0 Å². The predicted octanol–water partition coefficient (Wildman–Crippen LogP) is 2.55. The van der Waals surface area contributed by atoms with E-state index in [1.54, 1.807) is 62.4 Å². The average Bonchev–Trinajstić information content (AvgIpc) is 2.86. The van der Waals surface area contributed by atoms with Gasteiger partial charge < -0.3 is 16.4 Å². The van der Waals surface area contributed by atoms with Crippen LogP contribution in [0.25, 0.3) is 0 Å². The molecule has 0 aromatic heterocycles. The van der Waals surface area contributed by atoms with E-state index >= 15 is 0 Å². The summed E-state index contributed by atoms with van der Waals surface area (Å²) in [7, 11) is -3.80. The second kappa shape index (κ2) is 12.3. The molecule has 37 heavy (non-hydrogen) atoms. The maximum absolute atomic E-state index is 13.4. The average molecular weight is 528 g/mol. The van der Waals surface area contributed by atoms with Crippen molar-refractivity contribution in [2.24, 2.45) is 11.7 Å². The van der Waals surface area contributed by atoms with Crippen LogP contribution in [0.15, 0.2) is 54.6 Å². The summed E-state index contributed by atoms with van der Waals surface area (Å²) in [5, 5.41) is 13.1. The second-order valence-electron chi connectivity index (χ2n) is 10.1. The van der Waals surface area contributed by atoms with Gasteiger partial charge in [-0.2, -0.15) is 0 Å². The predicted molar refractivity (Wildman–Crippen MR) is 144 cm³/mol. The largest absolute Gasteiger partial charge is 0.384 e. The molecule has 1 aliphatic carbocycles. The van der Waals surface area contributed by atoms with Gasteiger partial charge in [0.25, 0.3) is 0 Å². The van der Waals surface area contributed by atoms with Gasteiger partial charge in [0.05, 0.1) is 5.75 Å². The molecule has 0 unspecified atom stereocenters. The van der Waals surface area contributed by atoms with Gasteiger partial charge in [-0.1, -0.05) is 73.9 Å². The van der Waals surface area contributed by atoms with Gasteiger partial charge in [0.1, 0.15) is 17.4 Å². The first-order chi connectivity index (χ1) is 17.5. The van der Waals surface area contributed by atoms with E-state index in [0.29, 0.717) is 11.1 Å². The Bertz CT molecular complexity index is 1190. The molecule has 0 bridgehead atoms. The van der Waals surface area contributed by atoms with Crippen LogP contribution in [0.1, 0.15) is 62.6 Å². The number of hydrogen-bond donors (Lipinski definition) is 5. The van der Waals surface area contributed by atoms with Crippen molar-refractivity contribution in [3.63, 3.8) is 0 Å². The fraction of sp³-hybridized carbons (Fsp3) is 0.444. The quantitative estimate of drug-likeness (QED) is 0.224. The Kier molecular flexibility index (Phi) is 9.45. The Labute approximate surface area is 219 Å². The number of sulfonamides is 1. The van der Waals surface area contributed by atoms with E-state index < -0.39 is 33.4 Å². The molecule has 0 radical (unpaired) electrons. The molecule has 2 aromatic rings. The van der Waals surface area contributed by atoms with E-state index in [-0.39, 0.29) is 24.1 Å². The van der Waals surface area contributed by atoms with Gasteiger partial charge in [-0.3, -0.25) is 15.0 Å². The lowest BCUT2D eigenvalue weighted by molar-refractivity contribution is -0.133. The Balaban J connectivity index is 1.67. The van der Waals surface area contributed by atoms with Crippen molar-refractivity contribution in [1.29, 1.82) is 5.41 Å². The van der Waals surface area contributed by atoms with Crippen LogP contribution in [0.5, 0.6) is 0 Å². The Morgan fingerprint density at radius 1 is 1.00 bits per heavy atom. The second-order valence-corrected chi connectivity index (χ2v) is 11.9. The molecule has 10 heteroatoms. The lowest BCUT2D eigenvalue weighted by atomic mass is 9.83. The van der Waals surface area contributed by atoms with E-state index in [4.69, 9.17) is 11.1 Å². The molecular formula is C27H37N5O4S. The Morgan fingerprint density at radius 2 is 1.62 bits per heavy atom. The molecule has 1 atom stereocenters. The lowest BCUT2D eigenvalue weighted by Crippen LogP contribution is -2.60. The molecule has 200 valence electrons. The first-order valence-electron chi connectivity index (χ1n) is 12.5. The summed E-state index contributed by atoms with van der Waals surface area (Å²) in [6.45, 7) is 3.41. The van der Waals surface area contributed by atoms with E-state index in [1.165, 1.54) is 0 Å². The van der Waals surface area contributed by atoms with Gasteiger partial charge >= 0.3 is 0 Å². The van der Waals surface area contributed by atoms with E-state index in [2.05, 4.69) is 15.4 Å². The number of amidine groups is 1. The van der Waals surface area contributed by atoms with E-state index in [9.17, 15) is 18.0 Å². The highest BCUT2D eigenvalue weighted by molar-refractivity contribution is 7.88. The highest BCUT2D eigenvalue weighted by Crippen LogP contribution is 2.27. The molecule has 0 heterocycles. The zero-order valence-electron chi connectivity index (χ0n) is 21.4. The molecule has 0 aliphatic heterocycles. The fourth-order valence-electron chi connectivity index (χ4n) is 4.51. The molecule has 3 rings (SSSR count). The molecule has 6 N–H and O–H groups in total. The minimum absolute atomic E-state index is 0.0358. The van der Waals surface area contributed by atoms with Gasteiger partial charge in [-0.15, -0.1) is 0 Å². The summed E-state index contributed by atoms with van der Waals surface area (Å²) in [4.78, 5) is 26.4. The first-order valence-corrected chi connectivity index (χ1v) is 14.2. The van der Waals surface area contributed by atoms with E-state index in [0.717, 1.165) is 37.7 Å². The highest BCUT2D eigenvalue weighted by Gasteiger charge is 2.37. The van der Waals surface area contributed by atoms with Crippen molar-refractivity contribution >= 4 is 27.7 Å². The first kappa shape index (κ1) is 28.3. The molecule has 1 saturated carbocycles. The number of nitrogens with two attached hydrogens (primary N) is 1. The number of rotatable bonds is 11. The van der Waals surface area contributed by atoms with Gasteiger partial charge in [-0.25, -0.2) is 13.1 Å². The van der Waals surface area contributed by atoms with Crippen molar-refractivity contribution < 1.29 is 18.0 Å². The summed E-state index contributed by atoms with van der Waals surface area (Å²) in [5.41, 5.74) is 6.24. The monoisotopic (exact) mass is 527 g/mol. The van der Waals surface area contributed by atoms with Crippen LogP contribution < -0.4 is 21.1 Å². The summed E-state index contributed by atoms with van der Waals surface area (Å²) < 4.78 is 28.6. The molecule has 0 spiro atoms. The van der Waals surface area contributed by atoms with Crippen LogP contribution in [0.3, 0.4) is 0 Å². The summed E-state index contributed by atoms with van der Waals surface area (Å²) >= 11 is 0. The van der Waals surface area contributed by atoms with E-state index in [1.807, 2.05) is 6.07 Å². The zero-order chi connectivity index (χ0) is 27.1. The van der Waals surface area contributed by atoms with Gasteiger partial charge in [0.2, 0.25) is 21.8 Å². The third-order valence-electron chi connectivity index (χ3n) is 6.63. The smallest absolute Gasteiger partial charge is 0.245 e. The summed E-state index contributed by atoms with van der Waals surface area (Å²) in [6.07, 6.45) is 4.41. The van der Waals surface area contributed by atoms with Crippen LogP contribution in [-0.2, 0) is 31.9 Å². The zero-order valence-corrected chi connectivity index (χ0v) is 22.2. The number of carbonyl (C=O) groups excluding carboxylic acids is 2. The molecule has 9 nitrogen and oxygen atoms in total. The number of benzene rings is 2. The molecule has 0 saturated heterocycles. The Morgan fingerprint density at radius 3 is 2.22 bits per heavy atom. The lowest BCUT2D eigenvalue weighted by Gasteiger charge is -2.33. The van der Waals surface area contributed by atoms with Gasteiger partial charge in [-0.05, 0) is 43.7 Å². The standard InChI is InChI=1S/C27H37N5O4S/c1-27(2,26(34)30-17-19-13-15-22(16-14-19)24(28)29)31-25(33)23(21-11-7-4-8-12-21)32-37(35,36)18-20-9-5-3-6-10-20/h3,5-6,9-10,13-16,21,23,32H,4,7-8,11-12,17-18H2,1-2H3,(H3,28,29)(H,30,34)(H,31,33)/t23-/m1/s1. The van der Waals surface area contributed by atoms with Crippen LogP contribution in [0.4, 0.5) is 0 Å². The van der Waals surface area contributed by atoms with Gasteiger partial charge in [0.15, 0.2) is 0 Å². The third-order valence-corrected chi connectivity index (χ3v) is 7.96. The van der Waals surface area contributed by atoms with Gasteiger partial charge in [0, 0.05) is 12.1 Å². The van der Waals surface area contributed by atoms with Crippen LogP contribution in [-0.4, -0.2) is 37.6 Å². The summed E-state index contributed by atoms with van der Waals surface area (Å²) in [5.74, 6) is -1.30. The molecular weight excluding hydrogens is 490 g/mol. The van der Waals surface area contributed by atoms with Crippen molar-refractivity contribution in [1.82, 2.24) is 15.4 Å². The summed E-state index contributed by atoms with van der Waals surface area (Å²) in [6, 6.07) is 14.8. The maximum Gasteiger partial charge on any atom is 0.245 e. The molecule has 1 aliphatic rings. The van der Waals surface area contributed by atoms with Crippen LogP contribution in [0.2, 0.25) is 0 Å².